The summed E-state index contributed by atoms with van der Waals surface area (Å²) in [4.78, 5) is 20.7. The minimum atomic E-state index is -1.49. The molecule has 1 radical (unpaired) electrons. The fourth-order valence-corrected chi connectivity index (χ4v) is 1.28. The number of aliphatic hydroxyl groups is 2. The Morgan fingerprint density at radius 2 is 1.44 bits per heavy atom. The van der Waals surface area contributed by atoms with E-state index in [1.54, 1.807) is 0 Å². The molecule has 5 heteroatoms. The van der Waals surface area contributed by atoms with Crippen LogP contribution in [-0.4, -0.2) is 33.5 Å². The first-order valence-corrected chi connectivity index (χ1v) is 3.18. The van der Waals surface area contributed by atoms with Crippen LogP contribution in [-0.2, 0) is 9.59 Å². The van der Waals surface area contributed by atoms with Gasteiger partial charge >= 0.3 is 0 Å². The predicted octanol–water partition coefficient (Wildman–Crippen LogP) is -1.28. The molecule has 1 fully saturated rings. The molecule has 0 aromatic heterocycles. The van der Waals surface area contributed by atoms with Gasteiger partial charge in [-0.05, 0) is 0 Å². The molecule has 0 saturated carbocycles. The molecule has 1 heterocycles. The molecule has 0 amide bonds. The third kappa shape index (κ3) is 1.01. The van der Waals surface area contributed by atoms with Crippen LogP contribution in [0.1, 0.15) is 0 Å². The number of rotatable bonds is 0. The van der Waals surface area contributed by atoms with Gasteiger partial charge in [-0.2, -0.15) is 0 Å². The van der Waals surface area contributed by atoms with Crippen LogP contribution in [0.25, 0.3) is 0 Å². The van der Waals surface area contributed by atoms with Gasteiger partial charge in [0.1, 0.15) is 0 Å². The van der Waals surface area contributed by atoms with Crippen LogP contribution >= 0.6 is 8.58 Å². The van der Waals surface area contributed by atoms with Crippen molar-refractivity contribution in [3.05, 3.63) is 0 Å². The lowest BCUT2D eigenvalue weighted by atomic mass is 10.2. The lowest BCUT2D eigenvalue weighted by Crippen LogP contribution is -2.27. The summed E-state index contributed by atoms with van der Waals surface area (Å²) in [5, 5.41) is 17.2. The fourth-order valence-electron chi connectivity index (χ4n) is 0.511. The molecule has 0 aliphatic carbocycles. The van der Waals surface area contributed by atoms with Crippen molar-refractivity contribution in [2.75, 3.05) is 0 Å². The summed E-state index contributed by atoms with van der Waals surface area (Å²) >= 11 is 0. The van der Waals surface area contributed by atoms with Crippen LogP contribution in [0.5, 0.6) is 0 Å². The van der Waals surface area contributed by atoms with Crippen molar-refractivity contribution in [1.82, 2.24) is 0 Å². The van der Waals surface area contributed by atoms with Gasteiger partial charge in [0.05, 0.1) is 8.58 Å². The quantitative estimate of drug-likeness (QED) is 0.418. The SMILES string of the molecule is O=C1[P]C(=O)C(O)C1O. The van der Waals surface area contributed by atoms with Gasteiger partial charge < -0.3 is 10.2 Å². The van der Waals surface area contributed by atoms with Gasteiger partial charge in [-0.1, -0.05) is 0 Å². The molecule has 1 aliphatic heterocycles. The summed E-state index contributed by atoms with van der Waals surface area (Å²) < 4.78 is 0. The van der Waals surface area contributed by atoms with Crippen molar-refractivity contribution in [3.63, 3.8) is 0 Å². The van der Waals surface area contributed by atoms with E-state index in [0.717, 1.165) is 0 Å². The fraction of sp³-hybridized carbons (Fsp3) is 0.500. The lowest BCUT2D eigenvalue weighted by Gasteiger charge is -1.99. The van der Waals surface area contributed by atoms with Gasteiger partial charge in [-0.25, -0.2) is 0 Å². The Bertz CT molecular complexity index is 148. The molecule has 2 unspecified atom stereocenters. The molecule has 2 atom stereocenters. The number of aliphatic hydroxyl groups excluding tert-OH is 2. The molecule has 0 aromatic carbocycles. The zero-order valence-electron chi connectivity index (χ0n) is 4.31. The Morgan fingerprint density at radius 1 is 1.11 bits per heavy atom. The monoisotopic (exact) mass is 147 g/mol. The molecule has 49 valence electrons. The van der Waals surface area contributed by atoms with E-state index in [-0.39, 0.29) is 8.58 Å². The minimum Gasteiger partial charge on any atom is -0.382 e. The summed E-state index contributed by atoms with van der Waals surface area (Å²) in [5.41, 5.74) is -1.24. The maximum atomic E-state index is 10.4. The van der Waals surface area contributed by atoms with Gasteiger partial charge in [0.15, 0.2) is 23.3 Å². The average molecular weight is 147 g/mol. The normalized spacial score (nSPS) is 38.4. The Labute approximate surface area is 52.7 Å². The second-order valence-electron chi connectivity index (χ2n) is 1.68. The second kappa shape index (κ2) is 2.14. The van der Waals surface area contributed by atoms with Crippen molar-refractivity contribution in [2.45, 2.75) is 12.2 Å². The van der Waals surface area contributed by atoms with E-state index >= 15 is 0 Å². The third-order valence-corrected chi connectivity index (χ3v) is 2.00. The van der Waals surface area contributed by atoms with Crippen molar-refractivity contribution in [1.29, 1.82) is 0 Å². The predicted molar refractivity (Wildman–Crippen MR) is 28.9 cm³/mol. The maximum Gasteiger partial charge on any atom is 0.198 e. The van der Waals surface area contributed by atoms with Crippen molar-refractivity contribution < 1.29 is 19.8 Å². The number of carbonyl (C=O) groups is 2. The Kier molecular flexibility index (Phi) is 1.62. The highest BCUT2D eigenvalue weighted by Crippen LogP contribution is 2.27. The van der Waals surface area contributed by atoms with Crippen molar-refractivity contribution in [2.24, 2.45) is 0 Å². The van der Waals surface area contributed by atoms with Gasteiger partial charge in [0.25, 0.3) is 0 Å². The molecule has 1 saturated heterocycles. The van der Waals surface area contributed by atoms with E-state index in [1.165, 1.54) is 0 Å². The number of hydrogen-bond acceptors (Lipinski definition) is 4. The van der Waals surface area contributed by atoms with E-state index in [0.29, 0.717) is 0 Å². The second-order valence-corrected chi connectivity index (χ2v) is 2.78. The molecule has 0 spiro atoms. The summed E-state index contributed by atoms with van der Waals surface area (Å²) in [6.07, 6.45) is -2.97. The van der Waals surface area contributed by atoms with Crippen LogP contribution in [0.4, 0.5) is 0 Å². The molecule has 1 rings (SSSR count). The Balaban J connectivity index is 2.77. The largest absolute Gasteiger partial charge is 0.382 e. The standard InChI is InChI=1S/C4H4O4P/c5-1-2(6)4(8)9-3(1)7/h1-2,5-6H. The van der Waals surface area contributed by atoms with Crippen LogP contribution in [0.15, 0.2) is 0 Å². The van der Waals surface area contributed by atoms with Gasteiger partial charge in [0, 0.05) is 0 Å². The van der Waals surface area contributed by atoms with Gasteiger partial charge in [-0.15, -0.1) is 0 Å². The Hall–Kier alpha value is -0.310. The third-order valence-electron chi connectivity index (χ3n) is 1.03. The highest BCUT2D eigenvalue weighted by molar-refractivity contribution is 7.75. The molecule has 0 bridgehead atoms. The summed E-state index contributed by atoms with van der Waals surface area (Å²) in [7, 11) is -0.101. The zero-order valence-corrected chi connectivity index (χ0v) is 5.21. The van der Waals surface area contributed by atoms with E-state index in [9.17, 15) is 9.59 Å². The maximum absolute atomic E-state index is 10.4. The Morgan fingerprint density at radius 3 is 1.56 bits per heavy atom. The summed E-state index contributed by atoms with van der Waals surface area (Å²) in [5.74, 6) is 0. The van der Waals surface area contributed by atoms with E-state index < -0.39 is 23.3 Å². The minimum absolute atomic E-state index is 0.101. The van der Waals surface area contributed by atoms with Crippen molar-refractivity contribution >= 4 is 19.6 Å². The van der Waals surface area contributed by atoms with Gasteiger partial charge in [-0.3, -0.25) is 9.59 Å². The number of hydrogen-bond donors (Lipinski definition) is 2. The molecular formula is C4H4O4P. The molecule has 1 aliphatic rings. The first-order chi connectivity index (χ1) is 4.13. The van der Waals surface area contributed by atoms with Gasteiger partial charge in [0.2, 0.25) is 0 Å². The topological polar surface area (TPSA) is 74.6 Å². The first-order valence-electron chi connectivity index (χ1n) is 2.28. The lowest BCUT2D eigenvalue weighted by molar-refractivity contribution is -0.129. The number of carbonyl (C=O) groups excluding carboxylic acids is 2. The first kappa shape index (κ1) is 6.81. The van der Waals surface area contributed by atoms with E-state index in [1.807, 2.05) is 0 Å². The summed E-state index contributed by atoms with van der Waals surface area (Å²) in [6.45, 7) is 0. The summed E-state index contributed by atoms with van der Waals surface area (Å²) in [6, 6.07) is 0. The van der Waals surface area contributed by atoms with Crippen LogP contribution in [0.3, 0.4) is 0 Å². The molecule has 2 N–H and O–H groups in total. The highest BCUT2D eigenvalue weighted by Gasteiger charge is 2.39. The zero-order chi connectivity index (χ0) is 7.02. The van der Waals surface area contributed by atoms with Crippen molar-refractivity contribution in [3.8, 4) is 0 Å². The molecule has 0 aromatic rings. The highest BCUT2D eigenvalue weighted by atomic mass is 31.1. The smallest absolute Gasteiger partial charge is 0.198 e. The van der Waals surface area contributed by atoms with E-state index in [2.05, 4.69) is 0 Å². The molecular weight excluding hydrogens is 143 g/mol. The van der Waals surface area contributed by atoms with Crippen LogP contribution in [0.2, 0.25) is 0 Å². The molecule has 4 nitrogen and oxygen atoms in total. The van der Waals surface area contributed by atoms with Crippen LogP contribution in [0, 0.1) is 0 Å². The average Bonchev–Trinajstić information content (AvgIpc) is 1.98. The van der Waals surface area contributed by atoms with E-state index in [4.69, 9.17) is 10.2 Å². The molecule has 9 heavy (non-hydrogen) atoms. The van der Waals surface area contributed by atoms with Crippen LogP contribution < -0.4 is 0 Å².